The normalized spacial score (nSPS) is 14.6. The third-order valence-corrected chi connectivity index (χ3v) is 5.31. The molecule has 2 heterocycles. The number of imidazole rings is 1. The van der Waals surface area contributed by atoms with Crippen LogP contribution >= 0.6 is 0 Å². The molecule has 0 aliphatic carbocycles. The van der Waals surface area contributed by atoms with Crippen molar-refractivity contribution in [3.05, 3.63) is 53.1 Å². The highest BCUT2D eigenvalue weighted by Gasteiger charge is 2.23. The molecule has 1 aromatic carbocycles. The van der Waals surface area contributed by atoms with E-state index in [4.69, 9.17) is 0 Å². The second-order valence-electron chi connectivity index (χ2n) is 7.67. The molecule has 0 bridgehead atoms. The molecule has 140 valence electrons. The monoisotopic (exact) mass is 354 g/mol. The zero-order valence-electron chi connectivity index (χ0n) is 16.4. The Morgan fingerprint density at radius 2 is 1.96 bits per heavy atom. The minimum absolute atomic E-state index is 0.201. The molecular weight excluding hydrogens is 324 g/mol. The predicted molar refractivity (Wildman–Crippen MR) is 104 cm³/mol. The van der Waals surface area contributed by atoms with Gasteiger partial charge in [-0.25, -0.2) is 4.98 Å². The van der Waals surface area contributed by atoms with E-state index in [0.717, 1.165) is 37.3 Å². The molecule has 0 fully saturated rings. The van der Waals surface area contributed by atoms with Crippen LogP contribution in [0.3, 0.4) is 0 Å². The van der Waals surface area contributed by atoms with Crippen molar-refractivity contribution in [1.82, 2.24) is 19.4 Å². The van der Waals surface area contributed by atoms with Gasteiger partial charge in [-0.2, -0.15) is 0 Å². The third-order valence-electron chi connectivity index (χ3n) is 5.31. The lowest BCUT2D eigenvalue weighted by atomic mass is 10.1. The minimum Gasteiger partial charge on any atom is -0.336 e. The van der Waals surface area contributed by atoms with Gasteiger partial charge in [-0.05, 0) is 39.8 Å². The van der Waals surface area contributed by atoms with Crippen LogP contribution in [0, 0.1) is 6.92 Å². The fraction of sp³-hybridized carbons (Fsp3) is 0.524. The number of amides is 1. The zero-order valence-corrected chi connectivity index (χ0v) is 16.4. The molecule has 0 saturated carbocycles. The maximum atomic E-state index is 12.9. The molecule has 0 unspecified atom stereocenters. The molecule has 0 spiro atoms. The molecule has 1 aliphatic heterocycles. The molecular formula is C21H30N4O. The maximum Gasteiger partial charge on any atom is 0.227 e. The number of aryl methyl sites for hydroxylation is 2. The molecule has 1 aromatic heterocycles. The third kappa shape index (κ3) is 4.33. The molecule has 5 nitrogen and oxygen atoms in total. The van der Waals surface area contributed by atoms with E-state index in [1.807, 2.05) is 11.2 Å². The minimum atomic E-state index is 0.201. The van der Waals surface area contributed by atoms with Gasteiger partial charge in [-0.3, -0.25) is 9.69 Å². The van der Waals surface area contributed by atoms with Crippen LogP contribution in [0.25, 0.3) is 0 Å². The Bertz CT molecular complexity index is 748. The van der Waals surface area contributed by atoms with Crippen molar-refractivity contribution in [1.29, 1.82) is 0 Å². The number of hydrogen-bond donors (Lipinski definition) is 0. The van der Waals surface area contributed by atoms with Crippen LogP contribution in [0.2, 0.25) is 0 Å². The van der Waals surface area contributed by atoms with Crippen LogP contribution < -0.4 is 0 Å². The summed E-state index contributed by atoms with van der Waals surface area (Å²) in [6.45, 7) is 9.66. The summed E-state index contributed by atoms with van der Waals surface area (Å²) in [5.74, 6) is 0.201. The zero-order chi connectivity index (χ0) is 18.7. The summed E-state index contributed by atoms with van der Waals surface area (Å²) in [5.41, 5.74) is 4.58. The summed E-state index contributed by atoms with van der Waals surface area (Å²) in [4.78, 5) is 21.8. The summed E-state index contributed by atoms with van der Waals surface area (Å²) in [7, 11) is 2.12. The Morgan fingerprint density at radius 3 is 2.65 bits per heavy atom. The van der Waals surface area contributed by atoms with Gasteiger partial charge >= 0.3 is 0 Å². The van der Waals surface area contributed by atoms with Crippen LogP contribution in [0.5, 0.6) is 0 Å². The lowest BCUT2D eigenvalue weighted by Gasteiger charge is -2.23. The Hall–Kier alpha value is -2.14. The van der Waals surface area contributed by atoms with Gasteiger partial charge in [0.2, 0.25) is 5.91 Å². The molecule has 0 N–H and O–H groups in total. The number of nitrogens with zero attached hydrogens (tertiary/aromatic N) is 4. The van der Waals surface area contributed by atoms with E-state index in [9.17, 15) is 4.79 Å². The number of rotatable bonds is 5. The van der Waals surface area contributed by atoms with Crippen LogP contribution in [-0.2, 0) is 30.8 Å². The molecule has 0 saturated heterocycles. The highest BCUT2D eigenvalue weighted by Crippen LogP contribution is 2.19. The molecule has 26 heavy (non-hydrogen) atoms. The first-order valence-electron chi connectivity index (χ1n) is 9.50. The fourth-order valence-electron chi connectivity index (χ4n) is 3.27. The van der Waals surface area contributed by atoms with Crippen molar-refractivity contribution in [3.63, 3.8) is 0 Å². The van der Waals surface area contributed by atoms with Crippen molar-refractivity contribution in [2.45, 2.75) is 59.3 Å². The van der Waals surface area contributed by atoms with Crippen LogP contribution in [-0.4, -0.2) is 44.9 Å². The van der Waals surface area contributed by atoms with Gasteiger partial charge in [0, 0.05) is 25.7 Å². The van der Waals surface area contributed by atoms with Gasteiger partial charge in [0.1, 0.15) is 0 Å². The first kappa shape index (κ1) is 18.6. The van der Waals surface area contributed by atoms with E-state index in [1.54, 1.807) is 0 Å². The van der Waals surface area contributed by atoms with Crippen molar-refractivity contribution in [3.8, 4) is 0 Å². The summed E-state index contributed by atoms with van der Waals surface area (Å²) in [6.07, 6.45) is 3.38. The molecule has 1 aliphatic rings. The van der Waals surface area contributed by atoms with E-state index < -0.39 is 0 Å². The highest BCUT2D eigenvalue weighted by molar-refractivity contribution is 5.78. The van der Waals surface area contributed by atoms with Crippen LogP contribution in [0.15, 0.2) is 30.6 Å². The molecule has 2 aromatic rings. The number of carbonyl (C=O) groups excluding carboxylic acids is 1. The molecule has 1 amide bonds. The van der Waals surface area contributed by atoms with Gasteiger partial charge in [0.05, 0.1) is 30.7 Å². The van der Waals surface area contributed by atoms with Gasteiger partial charge in [-0.1, -0.05) is 29.8 Å². The Kier molecular flexibility index (Phi) is 5.77. The van der Waals surface area contributed by atoms with Crippen LogP contribution in [0.4, 0.5) is 0 Å². The standard InChI is InChI=1S/C21H30N4O/c1-16(2)23(4)13-19-20-14-24(10-5-11-25(20)15-22-19)21(26)12-18-8-6-17(3)7-9-18/h6-9,15-16H,5,10-14H2,1-4H3. The summed E-state index contributed by atoms with van der Waals surface area (Å²) >= 11 is 0. The summed E-state index contributed by atoms with van der Waals surface area (Å²) in [5, 5.41) is 0. The number of hydrogen-bond acceptors (Lipinski definition) is 3. The number of aromatic nitrogens is 2. The summed E-state index contributed by atoms with van der Waals surface area (Å²) in [6, 6.07) is 8.72. The Morgan fingerprint density at radius 1 is 1.23 bits per heavy atom. The molecule has 0 radical (unpaired) electrons. The van der Waals surface area contributed by atoms with Gasteiger partial charge < -0.3 is 9.47 Å². The summed E-state index contributed by atoms with van der Waals surface area (Å²) < 4.78 is 2.22. The molecule has 0 atom stereocenters. The first-order valence-corrected chi connectivity index (χ1v) is 9.50. The van der Waals surface area contributed by atoms with E-state index in [-0.39, 0.29) is 5.91 Å². The largest absolute Gasteiger partial charge is 0.336 e. The van der Waals surface area contributed by atoms with Crippen molar-refractivity contribution >= 4 is 5.91 Å². The Balaban J connectivity index is 1.72. The van der Waals surface area contributed by atoms with Crippen molar-refractivity contribution in [2.75, 3.05) is 13.6 Å². The molecule has 5 heteroatoms. The number of fused-ring (bicyclic) bond motifs is 1. The Labute approximate surface area is 156 Å². The van der Waals surface area contributed by atoms with E-state index in [0.29, 0.717) is 19.0 Å². The lowest BCUT2D eigenvalue weighted by Crippen LogP contribution is -2.33. The lowest BCUT2D eigenvalue weighted by molar-refractivity contribution is -0.131. The first-order chi connectivity index (χ1) is 12.4. The smallest absolute Gasteiger partial charge is 0.227 e. The van der Waals surface area contributed by atoms with E-state index in [1.165, 1.54) is 11.3 Å². The SMILES string of the molecule is Cc1ccc(CC(=O)N2CCCn3cnc(CN(C)C(C)C)c3C2)cc1. The van der Waals surface area contributed by atoms with E-state index in [2.05, 4.69) is 66.5 Å². The quantitative estimate of drug-likeness (QED) is 0.829. The fourth-order valence-corrected chi connectivity index (χ4v) is 3.27. The van der Waals surface area contributed by atoms with Crippen molar-refractivity contribution in [2.24, 2.45) is 0 Å². The van der Waals surface area contributed by atoms with Gasteiger partial charge in [0.25, 0.3) is 0 Å². The maximum absolute atomic E-state index is 12.9. The second-order valence-corrected chi connectivity index (χ2v) is 7.67. The average Bonchev–Trinajstić information content (AvgIpc) is 2.85. The van der Waals surface area contributed by atoms with E-state index >= 15 is 0 Å². The second kappa shape index (κ2) is 8.04. The molecule has 3 rings (SSSR count). The number of carbonyl (C=O) groups is 1. The van der Waals surface area contributed by atoms with Gasteiger partial charge in [0.15, 0.2) is 0 Å². The highest BCUT2D eigenvalue weighted by atomic mass is 16.2. The van der Waals surface area contributed by atoms with Crippen molar-refractivity contribution < 1.29 is 4.79 Å². The topological polar surface area (TPSA) is 41.4 Å². The predicted octanol–water partition coefficient (Wildman–Crippen LogP) is 3.01. The van der Waals surface area contributed by atoms with Crippen LogP contribution in [0.1, 0.15) is 42.8 Å². The number of benzene rings is 1. The van der Waals surface area contributed by atoms with Gasteiger partial charge in [-0.15, -0.1) is 0 Å². The average molecular weight is 354 g/mol.